The van der Waals surface area contributed by atoms with Gasteiger partial charge in [-0.05, 0) is 23.8 Å². The summed E-state index contributed by atoms with van der Waals surface area (Å²) >= 11 is 0. The Balaban J connectivity index is 1.50. The second kappa shape index (κ2) is 7.26. The Morgan fingerprint density at radius 3 is 2.65 bits per heavy atom. The van der Waals surface area contributed by atoms with Crippen LogP contribution >= 0.6 is 0 Å². The molecule has 1 aliphatic rings. The van der Waals surface area contributed by atoms with E-state index in [1.165, 1.54) is 6.21 Å². The van der Waals surface area contributed by atoms with Gasteiger partial charge in [0.25, 0.3) is 5.91 Å². The number of fused-ring (bicyclic) bond motifs is 1. The lowest BCUT2D eigenvalue weighted by Gasteiger charge is -2.24. The molecule has 5 heteroatoms. The van der Waals surface area contributed by atoms with Gasteiger partial charge in [0, 0.05) is 6.21 Å². The second-order valence-electron chi connectivity index (χ2n) is 4.89. The van der Waals surface area contributed by atoms with Gasteiger partial charge in [0.1, 0.15) is 6.61 Å². The highest BCUT2D eigenvalue weighted by atomic mass is 16.6. The van der Waals surface area contributed by atoms with Crippen molar-refractivity contribution in [3.63, 3.8) is 0 Å². The highest BCUT2D eigenvalue weighted by molar-refractivity contribution is 5.84. The van der Waals surface area contributed by atoms with E-state index < -0.39 is 6.10 Å². The summed E-state index contributed by atoms with van der Waals surface area (Å²) in [6.07, 6.45) is 4.46. The maximum absolute atomic E-state index is 12.0. The third kappa shape index (κ3) is 3.97. The molecule has 1 N–H and O–H groups in total. The van der Waals surface area contributed by atoms with Crippen molar-refractivity contribution in [2.24, 2.45) is 5.10 Å². The van der Waals surface area contributed by atoms with E-state index in [9.17, 15) is 4.79 Å². The number of carbonyl (C=O) groups is 1. The summed E-state index contributed by atoms with van der Waals surface area (Å²) in [4.78, 5) is 12.0. The largest absolute Gasteiger partial charge is 0.485 e. The summed E-state index contributed by atoms with van der Waals surface area (Å²) in [5, 5.41) is 3.87. The van der Waals surface area contributed by atoms with Crippen LogP contribution in [0.4, 0.5) is 0 Å². The highest BCUT2D eigenvalue weighted by Crippen LogP contribution is 2.30. The molecule has 116 valence electrons. The monoisotopic (exact) mass is 308 g/mol. The molecule has 1 atom stereocenters. The standard InChI is InChI=1S/C18H16N2O3/c21-18(17-13-22-15-10-4-5-11-16(15)23-17)20-19-12-6-9-14-7-2-1-3-8-14/h1-12,17H,13H2,(H,20,21). The summed E-state index contributed by atoms with van der Waals surface area (Å²) < 4.78 is 11.1. The lowest BCUT2D eigenvalue weighted by molar-refractivity contribution is -0.130. The number of hydrazone groups is 1. The number of carbonyl (C=O) groups excluding carboxylic acids is 1. The van der Waals surface area contributed by atoms with Gasteiger partial charge < -0.3 is 9.47 Å². The van der Waals surface area contributed by atoms with Crippen LogP contribution in [0.1, 0.15) is 5.56 Å². The van der Waals surface area contributed by atoms with Crippen molar-refractivity contribution in [1.29, 1.82) is 0 Å². The number of hydrogen-bond acceptors (Lipinski definition) is 4. The van der Waals surface area contributed by atoms with E-state index in [-0.39, 0.29) is 12.5 Å². The Kier molecular flexibility index (Phi) is 4.69. The fourth-order valence-electron chi connectivity index (χ4n) is 2.08. The van der Waals surface area contributed by atoms with Crippen LogP contribution in [0, 0.1) is 0 Å². The van der Waals surface area contributed by atoms with E-state index in [0.717, 1.165) is 5.56 Å². The number of nitrogens with one attached hydrogen (secondary N) is 1. The first kappa shape index (κ1) is 14.8. The van der Waals surface area contributed by atoms with E-state index in [1.807, 2.05) is 48.5 Å². The molecule has 5 nitrogen and oxygen atoms in total. The van der Waals surface area contributed by atoms with Crippen molar-refractivity contribution in [3.05, 3.63) is 66.2 Å². The van der Waals surface area contributed by atoms with E-state index in [1.54, 1.807) is 18.2 Å². The molecule has 0 radical (unpaired) electrons. The molecule has 3 rings (SSSR count). The Morgan fingerprint density at radius 2 is 1.83 bits per heavy atom. The van der Waals surface area contributed by atoms with Gasteiger partial charge in [0.15, 0.2) is 11.5 Å². The fourth-order valence-corrected chi connectivity index (χ4v) is 2.08. The summed E-state index contributed by atoms with van der Waals surface area (Å²) in [5.74, 6) is 0.863. The Morgan fingerprint density at radius 1 is 1.09 bits per heavy atom. The van der Waals surface area contributed by atoms with Crippen LogP contribution in [0.3, 0.4) is 0 Å². The molecule has 1 aliphatic heterocycles. The minimum atomic E-state index is -0.708. The lowest BCUT2D eigenvalue weighted by atomic mass is 10.2. The average molecular weight is 308 g/mol. The first-order valence-electron chi connectivity index (χ1n) is 7.26. The van der Waals surface area contributed by atoms with Crippen molar-refractivity contribution >= 4 is 18.2 Å². The Bertz CT molecular complexity index is 726. The van der Waals surface area contributed by atoms with Crippen molar-refractivity contribution in [2.45, 2.75) is 6.10 Å². The van der Waals surface area contributed by atoms with Crippen molar-refractivity contribution < 1.29 is 14.3 Å². The zero-order valence-electron chi connectivity index (χ0n) is 12.4. The van der Waals surface area contributed by atoms with Gasteiger partial charge in [0.2, 0.25) is 6.10 Å². The minimum Gasteiger partial charge on any atom is -0.485 e. The molecule has 2 aromatic carbocycles. The molecular formula is C18H16N2O3. The number of para-hydroxylation sites is 2. The quantitative estimate of drug-likeness (QED) is 0.698. The molecule has 2 aromatic rings. The van der Waals surface area contributed by atoms with Crippen LogP contribution < -0.4 is 14.9 Å². The van der Waals surface area contributed by atoms with Crippen molar-refractivity contribution in [3.8, 4) is 11.5 Å². The van der Waals surface area contributed by atoms with Crippen LogP contribution in [0.15, 0.2) is 65.8 Å². The number of amides is 1. The Labute approximate surface area is 134 Å². The topological polar surface area (TPSA) is 59.9 Å². The summed E-state index contributed by atoms with van der Waals surface area (Å²) in [7, 11) is 0. The van der Waals surface area contributed by atoms with Gasteiger partial charge in [-0.15, -0.1) is 0 Å². The van der Waals surface area contributed by atoms with E-state index in [2.05, 4.69) is 10.5 Å². The molecule has 0 aliphatic carbocycles. The molecule has 1 heterocycles. The molecule has 0 saturated heterocycles. The molecule has 23 heavy (non-hydrogen) atoms. The van der Waals surface area contributed by atoms with Gasteiger partial charge in [-0.25, -0.2) is 5.43 Å². The predicted octanol–water partition coefficient (Wildman–Crippen LogP) is 2.64. The molecule has 0 bridgehead atoms. The molecule has 1 unspecified atom stereocenters. The van der Waals surface area contributed by atoms with Crippen LogP contribution in [-0.2, 0) is 4.79 Å². The van der Waals surface area contributed by atoms with Crippen LogP contribution in [0.2, 0.25) is 0 Å². The zero-order valence-corrected chi connectivity index (χ0v) is 12.4. The van der Waals surface area contributed by atoms with Crippen LogP contribution in [0.25, 0.3) is 6.08 Å². The highest BCUT2D eigenvalue weighted by Gasteiger charge is 2.26. The second-order valence-corrected chi connectivity index (χ2v) is 4.89. The fraction of sp³-hybridized carbons (Fsp3) is 0.111. The number of rotatable bonds is 4. The van der Waals surface area contributed by atoms with E-state index in [0.29, 0.717) is 11.5 Å². The van der Waals surface area contributed by atoms with Gasteiger partial charge in [-0.1, -0.05) is 48.5 Å². The van der Waals surface area contributed by atoms with Gasteiger partial charge in [-0.2, -0.15) is 5.10 Å². The van der Waals surface area contributed by atoms with Gasteiger partial charge in [-0.3, -0.25) is 4.79 Å². The van der Waals surface area contributed by atoms with Crippen molar-refractivity contribution in [1.82, 2.24) is 5.43 Å². The lowest BCUT2D eigenvalue weighted by Crippen LogP contribution is -2.42. The third-order valence-electron chi connectivity index (χ3n) is 3.22. The average Bonchev–Trinajstić information content (AvgIpc) is 2.61. The molecule has 0 saturated carbocycles. The SMILES string of the molecule is O=C(NN=CC=Cc1ccccc1)C1COc2ccccc2O1. The van der Waals surface area contributed by atoms with Gasteiger partial charge in [0.05, 0.1) is 0 Å². The predicted molar refractivity (Wildman–Crippen MR) is 88.5 cm³/mol. The van der Waals surface area contributed by atoms with Gasteiger partial charge >= 0.3 is 0 Å². The van der Waals surface area contributed by atoms with E-state index >= 15 is 0 Å². The number of benzene rings is 2. The summed E-state index contributed by atoms with van der Waals surface area (Å²) in [6, 6.07) is 17.1. The maximum Gasteiger partial charge on any atom is 0.284 e. The molecule has 0 spiro atoms. The number of allylic oxidation sites excluding steroid dienone is 1. The normalized spacial score (nSPS) is 16.6. The smallest absolute Gasteiger partial charge is 0.284 e. The third-order valence-corrected chi connectivity index (χ3v) is 3.22. The minimum absolute atomic E-state index is 0.165. The Hall–Kier alpha value is -3.08. The number of ether oxygens (including phenoxy) is 2. The van der Waals surface area contributed by atoms with Crippen LogP contribution in [0.5, 0.6) is 11.5 Å². The molecule has 0 aromatic heterocycles. The zero-order chi connectivity index (χ0) is 15.9. The van der Waals surface area contributed by atoms with E-state index in [4.69, 9.17) is 9.47 Å². The summed E-state index contributed by atoms with van der Waals surface area (Å²) in [5.41, 5.74) is 3.50. The maximum atomic E-state index is 12.0. The number of hydrogen-bond donors (Lipinski definition) is 1. The first-order valence-corrected chi connectivity index (χ1v) is 7.26. The summed E-state index contributed by atoms with van der Waals surface area (Å²) in [6.45, 7) is 0.165. The van der Waals surface area contributed by atoms with Crippen LogP contribution in [-0.4, -0.2) is 24.8 Å². The first-order chi connectivity index (χ1) is 11.3. The van der Waals surface area contributed by atoms with Crippen molar-refractivity contribution in [2.75, 3.05) is 6.61 Å². The molecule has 0 fully saturated rings. The number of nitrogens with zero attached hydrogens (tertiary/aromatic N) is 1. The molecule has 1 amide bonds. The molecular weight excluding hydrogens is 292 g/mol.